The third-order valence-corrected chi connectivity index (χ3v) is 3.49. The number of carboxylic acids is 1. The summed E-state index contributed by atoms with van der Waals surface area (Å²) < 4.78 is 10.2. The molecule has 126 valence electrons. The van der Waals surface area contributed by atoms with Crippen molar-refractivity contribution in [2.45, 2.75) is 38.7 Å². The standard InChI is InChI=1S/C16H21NO6/c1-16(2,3)23-15(21)17-11-5-8(6-12(22-4)13(11)18)9-7-10(9)14(19)20/h5-6,9-10,18H,7H2,1-4H3,(H,17,21)(H,19,20). The molecule has 1 saturated carbocycles. The number of aromatic hydroxyl groups is 1. The lowest BCUT2D eigenvalue weighted by molar-refractivity contribution is -0.138. The molecule has 1 aromatic carbocycles. The number of phenols is 1. The number of rotatable bonds is 4. The quantitative estimate of drug-likeness (QED) is 0.736. The topological polar surface area (TPSA) is 105 Å². The zero-order valence-electron chi connectivity index (χ0n) is 13.5. The van der Waals surface area contributed by atoms with Crippen molar-refractivity contribution in [3.05, 3.63) is 17.7 Å². The summed E-state index contributed by atoms with van der Waals surface area (Å²) in [6.45, 7) is 5.18. The minimum atomic E-state index is -0.858. The third kappa shape index (κ3) is 4.06. The third-order valence-electron chi connectivity index (χ3n) is 3.49. The summed E-state index contributed by atoms with van der Waals surface area (Å²) in [6, 6.07) is 3.14. The van der Waals surface area contributed by atoms with E-state index in [9.17, 15) is 14.7 Å². The molecule has 0 aromatic heterocycles. The Bertz CT molecular complexity index is 634. The van der Waals surface area contributed by atoms with E-state index in [4.69, 9.17) is 14.6 Å². The van der Waals surface area contributed by atoms with Crippen molar-refractivity contribution in [2.75, 3.05) is 12.4 Å². The lowest BCUT2D eigenvalue weighted by Gasteiger charge is -2.20. The molecule has 0 saturated heterocycles. The Labute approximate surface area is 134 Å². The molecular formula is C16H21NO6. The first-order valence-corrected chi connectivity index (χ1v) is 7.26. The summed E-state index contributed by atoms with van der Waals surface area (Å²) in [5.41, 5.74) is 0.148. The number of amides is 1. The highest BCUT2D eigenvalue weighted by atomic mass is 16.6. The van der Waals surface area contributed by atoms with E-state index in [1.54, 1.807) is 32.9 Å². The van der Waals surface area contributed by atoms with Crippen molar-refractivity contribution in [3.63, 3.8) is 0 Å². The van der Waals surface area contributed by atoms with Gasteiger partial charge in [-0.05, 0) is 50.8 Å². The van der Waals surface area contributed by atoms with Crippen molar-refractivity contribution in [1.29, 1.82) is 0 Å². The Morgan fingerprint density at radius 1 is 1.30 bits per heavy atom. The molecule has 0 radical (unpaired) electrons. The highest BCUT2D eigenvalue weighted by Gasteiger charge is 2.44. The maximum Gasteiger partial charge on any atom is 0.412 e. The second-order valence-electron chi connectivity index (χ2n) is 6.53. The minimum absolute atomic E-state index is 0.129. The van der Waals surface area contributed by atoms with Gasteiger partial charge in [-0.25, -0.2) is 4.79 Å². The summed E-state index contributed by atoms with van der Waals surface area (Å²) in [5.74, 6) is -1.51. The lowest BCUT2D eigenvalue weighted by atomic mass is 10.1. The Balaban J connectivity index is 2.25. The number of carbonyl (C=O) groups excluding carboxylic acids is 1. The van der Waals surface area contributed by atoms with Gasteiger partial charge in [0.15, 0.2) is 11.5 Å². The molecule has 0 aliphatic heterocycles. The van der Waals surface area contributed by atoms with Gasteiger partial charge in [0.1, 0.15) is 5.60 Å². The van der Waals surface area contributed by atoms with Gasteiger partial charge in [0.05, 0.1) is 18.7 Å². The van der Waals surface area contributed by atoms with Crippen molar-refractivity contribution < 1.29 is 29.3 Å². The lowest BCUT2D eigenvalue weighted by Crippen LogP contribution is -2.27. The smallest absolute Gasteiger partial charge is 0.412 e. The van der Waals surface area contributed by atoms with Crippen LogP contribution >= 0.6 is 0 Å². The summed E-state index contributed by atoms with van der Waals surface area (Å²) in [7, 11) is 1.39. The fraction of sp³-hybridized carbons (Fsp3) is 0.500. The van der Waals surface area contributed by atoms with Crippen LogP contribution in [0.15, 0.2) is 12.1 Å². The van der Waals surface area contributed by atoms with Gasteiger partial charge in [0.25, 0.3) is 0 Å². The van der Waals surface area contributed by atoms with E-state index < -0.39 is 23.6 Å². The molecule has 1 aromatic rings. The van der Waals surface area contributed by atoms with Crippen LogP contribution in [0.2, 0.25) is 0 Å². The molecule has 2 rings (SSSR count). The Hall–Kier alpha value is -2.44. The van der Waals surface area contributed by atoms with E-state index >= 15 is 0 Å². The van der Waals surface area contributed by atoms with E-state index in [0.717, 1.165) is 0 Å². The van der Waals surface area contributed by atoms with E-state index in [1.165, 1.54) is 7.11 Å². The minimum Gasteiger partial charge on any atom is -0.503 e. The van der Waals surface area contributed by atoms with Crippen LogP contribution < -0.4 is 10.1 Å². The molecule has 0 spiro atoms. The SMILES string of the molecule is COc1cc(C2CC2C(=O)O)cc(NC(=O)OC(C)(C)C)c1O. The number of ether oxygens (including phenoxy) is 2. The van der Waals surface area contributed by atoms with Crippen LogP contribution in [-0.4, -0.2) is 35.0 Å². The Morgan fingerprint density at radius 3 is 2.43 bits per heavy atom. The van der Waals surface area contributed by atoms with Gasteiger partial charge in [-0.2, -0.15) is 0 Å². The molecule has 2 atom stereocenters. The van der Waals surface area contributed by atoms with Gasteiger partial charge < -0.3 is 19.7 Å². The van der Waals surface area contributed by atoms with Gasteiger partial charge in [-0.3, -0.25) is 10.1 Å². The molecule has 7 nitrogen and oxygen atoms in total. The molecule has 2 unspecified atom stereocenters. The van der Waals surface area contributed by atoms with Crippen LogP contribution in [0, 0.1) is 5.92 Å². The number of benzene rings is 1. The van der Waals surface area contributed by atoms with Crippen LogP contribution in [-0.2, 0) is 9.53 Å². The molecule has 3 N–H and O–H groups in total. The van der Waals surface area contributed by atoms with Crippen molar-refractivity contribution in [3.8, 4) is 11.5 Å². The number of hydrogen-bond acceptors (Lipinski definition) is 5. The molecule has 1 amide bonds. The average Bonchev–Trinajstić information content (AvgIpc) is 3.19. The maximum atomic E-state index is 11.9. The number of phenolic OH excluding ortho intramolecular Hbond substituents is 1. The first-order chi connectivity index (χ1) is 10.6. The van der Waals surface area contributed by atoms with Crippen LogP contribution in [0.1, 0.15) is 38.7 Å². The molecule has 1 fully saturated rings. The fourth-order valence-electron chi connectivity index (χ4n) is 2.34. The zero-order chi connectivity index (χ0) is 17.4. The first kappa shape index (κ1) is 16.9. The monoisotopic (exact) mass is 323 g/mol. The molecule has 0 bridgehead atoms. The number of hydrogen-bond donors (Lipinski definition) is 3. The summed E-state index contributed by atoms with van der Waals surface area (Å²) in [4.78, 5) is 22.9. The van der Waals surface area contributed by atoms with Crippen LogP contribution in [0.5, 0.6) is 11.5 Å². The normalized spacial score (nSPS) is 19.8. The molecule has 23 heavy (non-hydrogen) atoms. The van der Waals surface area contributed by atoms with Crippen LogP contribution in [0.3, 0.4) is 0 Å². The predicted octanol–water partition coefficient (Wildman–Crippen LogP) is 2.94. The van der Waals surface area contributed by atoms with Crippen molar-refractivity contribution in [1.82, 2.24) is 0 Å². The Kier molecular flexibility index (Phi) is 4.40. The van der Waals surface area contributed by atoms with E-state index in [2.05, 4.69) is 5.32 Å². The second-order valence-corrected chi connectivity index (χ2v) is 6.53. The van der Waals surface area contributed by atoms with E-state index in [1.807, 2.05) is 0 Å². The van der Waals surface area contributed by atoms with Crippen molar-refractivity contribution in [2.24, 2.45) is 5.92 Å². The van der Waals surface area contributed by atoms with Gasteiger partial charge >= 0.3 is 12.1 Å². The summed E-state index contributed by atoms with van der Waals surface area (Å²) in [5, 5.41) is 21.6. The van der Waals surface area contributed by atoms with Gasteiger partial charge in [-0.15, -0.1) is 0 Å². The maximum absolute atomic E-state index is 11.9. The number of carboxylic acid groups (broad SMARTS) is 1. The predicted molar refractivity (Wildman–Crippen MR) is 83.0 cm³/mol. The highest BCUT2D eigenvalue weighted by Crippen LogP contribution is 2.50. The van der Waals surface area contributed by atoms with Crippen LogP contribution in [0.4, 0.5) is 10.5 Å². The molecule has 1 aliphatic rings. The van der Waals surface area contributed by atoms with E-state index in [0.29, 0.717) is 12.0 Å². The zero-order valence-corrected chi connectivity index (χ0v) is 13.5. The molecule has 1 aliphatic carbocycles. The number of methoxy groups -OCH3 is 1. The Morgan fingerprint density at radius 2 is 1.96 bits per heavy atom. The highest BCUT2D eigenvalue weighted by molar-refractivity contribution is 5.88. The summed E-state index contributed by atoms with van der Waals surface area (Å²) >= 11 is 0. The van der Waals surface area contributed by atoms with Gasteiger partial charge in [0.2, 0.25) is 0 Å². The number of anilines is 1. The largest absolute Gasteiger partial charge is 0.503 e. The van der Waals surface area contributed by atoms with Gasteiger partial charge in [0, 0.05) is 0 Å². The first-order valence-electron chi connectivity index (χ1n) is 7.26. The van der Waals surface area contributed by atoms with Crippen molar-refractivity contribution >= 4 is 17.7 Å². The number of nitrogens with one attached hydrogen (secondary N) is 1. The summed E-state index contributed by atoms with van der Waals surface area (Å²) in [6.07, 6.45) is -0.188. The molecule has 0 heterocycles. The number of aliphatic carboxylic acids is 1. The second kappa shape index (κ2) is 5.98. The molecular weight excluding hydrogens is 302 g/mol. The molecule has 7 heteroatoms. The number of carbonyl (C=O) groups is 2. The van der Waals surface area contributed by atoms with Gasteiger partial charge in [-0.1, -0.05) is 0 Å². The average molecular weight is 323 g/mol. The van der Waals surface area contributed by atoms with Crippen LogP contribution in [0.25, 0.3) is 0 Å². The fourth-order valence-corrected chi connectivity index (χ4v) is 2.34. The van der Waals surface area contributed by atoms with E-state index in [-0.39, 0.29) is 23.1 Å².